The molecule has 272 valence electrons. The first kappa shape index (κ1) is 33.5. The highest BCUT2D eigenvalue weighted by atomic mass is 15.2. The molecule has 1 aliphatic carbocycles. The normalized spacial score (nSPS) is 13.5. The van der Waals surface area contributed by atoms with Gasteiger partial charge in [0.25, 0.3) is 0 Å². The van der Waals surface area contributed by atoms with Gasteiger partial charge in [0.2, 0.25) is 5.95 Å². The van der Waals surface area contributed by atoms with Crippen LogP contribution in [-0.4, -0.2) is 14.5 Å². The molecule has 3 heteroatoms. The SMILES string of the molecule is c1cc(-c2ccc(-c3ccc(C4CCCCC4)cc3)cc2)c2c(-c3ccc(-c4nc(-n5c6ccccc6c6ccccc65)nc5ccccc45)cc3)cccc2c1. The molecule has 0 amide bonds. The average molecular weight is 732 g/mol. The Morgan fingerprint density at radius 1 is 0.404 bits per heavy atom. The van der Waals surface area contributed by atoms with E-state index in [0.717, 1.165) is 39.1 Å². The zero-order chi connectivity index (χ0) is 37.7. The standard InChI is InChI=1S/C54H41N3/c1-2-12-36(13-3-1)37-24-26-38(27-25-37)39-28-30-40(31-29-39)44-19-10-14-42-15-11-20-45(52(42)44)41-32-34-43(35-33-41)53-48-18-4-7-21-49(48)55-54(56-53)57-50-22-8-5-16-46(50)47-17-6-9-23-51(47)57/h4-11,14-36H,1-3,12-13H2. The molecular weight excluding hydrogens is 691 g/mol. The van der Waals surface area contributed by atoms with Crippen LogP contribution in [0.1, 0.15) is 43.6 Å². The van der Waals surface area contributed by atoms with Crippen LogP contribution in [0.2, 0.25) is 0 Å². The molecule has 1 saturated carbocycles. The summed E-state index contributed by atoms with van der Waals surface area (Å²) in [5.41, 5.74) is 14.0. The molecule has 1 aliphatic rings. The van der Waals surface area contributed by atoms with Crippen molar-refractivity contribution in [2.45, 2.75) is 38.0 Å². The molecule has 0 atom stereocenters. The van der Waals surface area contributed by atoms with Crippen molar-refractivity contribution in [2.75, 3.05) is 0 Å². The van der Waals surface area contributed by atoms with Crippen molar-refractivity contribution in [1.82, 2.24) is 14.5 Å². The van der Waals surface area contributed by atoms with Gasteiger partial charge in [-0.05, 0) is 86.7 Å². The highest BCUT2D eigenvalue weighted by Crippen LogP contribution is 2.40. The molecular formula is C54H41N3. The van der Waals surface area contributed by atoms with Crippen LogP contribution in [0.4, 0.5) is 0 Å². The fourth-order valence-corrected chi connectivity index (χ4v) is 9.38. The molecule has 10 aromatic rings. The summed E-state index contributed by atoms with van der Waals surface area (Å²) in [6.07, 6.45) is 6.77. The number of aromatic nitrogens is 3. The van der Waals surface area contributed by atoms with Gasteiger partial charge < -0.3 is 0 Å². The minimum absolute atomic E-state index is 0.673. The van der Waals surface area contributed by atoms with Crippen molar-refractivity contribution in [3.63, 3.8) is 0 Å². The molecule has 0 unspecified atom stereocenters. The lowest BCUT2D eigenvalue weighted by atomic mass is 9.83. The van der Waals surface area contributed by atoms with E-state index in [4.69, 9.17) is 9.97 Å². The van der Waals surface area contributed by atoms with E-state index in [9.17, 15) is 0 Å². The Kier molecular flexibility index (Phi) is 8.24. The van der Waals surface area contributed by atoms with Crippen molar-refractivity contribution in [3.8, 4) is 50.6 Å². The maximum atomic E-state index is 5.33. The van der Waals surface area contributed by atoms with Crippen LogP contribution < -0.4 is 0 Å². The minimum atomic E-state index is 0.673. The van der Waals surface area contributed by atoms with E-state index in [1.807, 2.05) is 0 Å². The van der Waals surface area contributed by atoms with Crippen molar-refractivity contribution < 1.29 is 0 Å². The number of benzene rings is 8. The molecule has 0 spiro atoms. The molecule has 0 N–H and O–H groups in total. The minimum Gasteiger partial charge on any atom is -0.278 e. The third-order valence-electron chi connectivity index (χ3n) is 12.3. The Morgan fingerprint density at radius 3 is 1.53 bits per heavy atom. The van der Waals surface area contributed by atoms with Crippen LogP contribution in [0.3, 0.4) is 0 Å². The summed E-state index contributed by atoms with van der Waals surface area (Å²) in [5.74, 6) is 1.40. The molecule has 2 heterocycles. The topological polar surface area (TPSA) is 30.7 Å². The van der Waals surface area contributed by atoms with E-state index in [1.165, 1.54) is 92.6 Å². The third-order valence-corrected chi connectivity index (χ3v) is 12.3. The number of hydrogen-bond donors (Lipinski definition) is 0. The highest BCUT2D eigenvalue weighted by molar-refractivity contribution is 6.09. The van der Waals surface area contributed by atoms with Crippen LogP contribution in [-0.2, 0) is 0 Å². The van der Waals surface area contributed by atoms with E-state index in [2.05, 4.69) is 187 Å². The van der Waals surface area contributed by atoms with Crippen LogP contribution in [0.25, 0.3) is 94.1 Å². The monoisotopic (exact) mass is 731 g/mol. The number of para-hydroxylation sites is 3. The predicted molar refractivity (Wildman–Crippen MR) is 239 cm³/mol. The van der Waals surface area contributed by atoms with Gasteiger partial charge in [-0.25, -0.2) is 9.97 Å². The lowest BCUT2D eigenvalue weighted by molar-refractivity contribution is 0.443. The first-order valence-electron chi connectivity index (χ1n) is 20.4. The van der Waals surface area contributed by atoms with Gasteiger partial charge in [-0.2, -0.15) is 0 Å². The van der Waals surface area contributed by atoms with E-state index in [1.54, 1.807) is 0 Å². The molecule has 0 bridgehead atoms. The van der Waals surface area contributed by atoms with Gasteiger partial charge in [0.15, 0.2) is 0 Å². The van der Waals surface area contributed by atoms with Gasteiger partial charge in [-0.15, -0.1) is 0 Å². The van der Waals surface area contributed by atoms with Crippen molar-refractivity contribution in [2.24, 2.45) is 0 Å². The summed E-state index contributed by atoms with van der Waals surface area (Å²) in [7, 11) is 0. The lowest BCUT2D eigenvalue weighted by Gasteiger charge is -2.22. The predicted octanol–water partition coefficient (Wildman–Crippen LogP) is 14.6. The number of hydrogen-bond acceptors (Lipinski definition) is 2. The van der Waals surface area contributed by atoms with Gasteiger partial charge in [-0.3, -0.25) is 4.57 Å². The maximum absolute atomic E-state index is 5.33. The maximum Gasteiger partial charge on any atom is 0.235 e. The van der Waals surface area contributed by atoms with Crippen LogP contribution in [0, 0.1) is 0 Å². The summed E-state index contributed by atoms with van der Waals surface area (Å²) >= 11 is 0. The summed E-state index contributed by atoms with van der Waals surface area (Å²) < 4.78 is 2.20. The highest BCUT2D eigenvalue weighted by Gasteiger charge is 2.18. The average Bonchev–Trinajstić information content (AvgIpc) is 3.63. The molecule has 8 aromatic carbocycles. The van der Waals surface area contributed by atoms with Gasteiger partial charge in [-0.1, -0.05) is 183 Å². The van der Waals surface area contributed by atoms with E-state index in [0.29, 0.717) is 5.95 Å². The molecule has 0 saturated heterocycles. The molecule has 1 fully saturated rings. The first-order chi connectivity index (χ1) is 28.3. The first-order valence-corrected chi connectivity index (χ1v) is 20.4. The van der Waals surface area contributed by atoms with Gasteiger partial charge in [0.05, 0.1) is 22.2 Å². The largest absolute Gasteiger partial charge is 0.278 e. The fraction of sp³-hybridized carbons (Fsp3) is 0.111. The third kappa shape index (κ3) is 5.90. The Hall–Kier alpha value is -6.84. The van der Waals surface area contributed by atoms with Gasteiger partial charge >= 0.3 is 0 Å². The second-order valence-corrected chi connectivity index (χ2v) is 15.6. The Bertz CT molecular complexity index is 3020. The molecule has 0 radical (unpaired) electrons. The summed E-state index contributed by atoms with van der Waals surface area (Å²) in [5, 5.41) is 5.92. The number of fused-ring (bicyclic) bond motifs is 5. The molecule has 0 aliphatic heterocycles. The van der Waals surface area contributed by atoms with Crippen LogP contribution in [0.15, 0.2) is 182 Å². The zero-order valence-corrected chi connectivity index (χ0v) is 31.8. The summed E-state index contributed by atoms with van der Waals surface area (Å²) in [6, 6.07) is 66.1. The quantitative estimate of drug-likeness (QED) is 0.170. The van der Waals surface area contributed by atoms with Crippen molar-refractivity contribution in [1.29, 1.82) is 0 Å². The number of rotatable bonds is 6. The molecule has 11 rings (SSSR count). The molecule has 2 aromatic heterocycles. The number of nitrogens with zero attached hydrogens (tertiary/aromatic N) is 3. The van der Waals surface area contributed by atoms with Crippen molar-refractivity contribution >= 4 is 43.5 Å². The van der Waals surface area contributed by atoms with Crippen molar-refractivity contribution in [3.05, 3.63) is 188 Å². The Morgan fingerprint density at radius 2 is 0.912 bits per heavy atom. The smallest absolute Gasteiger partial charge is 0.235 e. The Balaban J connectivity index is 0.961. The van der Waals surface area contributed by atoms with E-state index >= 15 is 0 Å². The summed E-state index contributed by atoms with van der Waals surface area (Å²) in [6.45, 7) is 0. The Labute approximate surface area is 332 Å². The van der Waals surface area contributed by atoms with Gasteiger partial charge in [0, 0.05) is 21.7 Å². The second-order valence-electron chi connectivity index (χ2n) is 15.6. The van der Waals surface area contributed by atoms with Crippen LogP contribution in [0.5, 0.6) is 0 Å². The van der Waals surface area contributed by atoms with Gasteiger partial charge in [0.1, 0.15) is 0 Å². The molecule has 3 nitrogen and oxygen atoms in total. The summed E-state index contributed by atoms with van der Waals surface area (Å²) in [4.78, 5) is 10.5. The second kappa shape index (κ2) is 14.0. The van der Waals surface area contributed by atoms with E-state index in [-0.39, 0.29) is 0 Å². The fourth-order valence-electron chi connectivity index (χ4n) is 9.38. The molecule has 57 heavy (non-hydrogen) atoms. The lowest BCUT2D eigenvalue weighted by Crippen LogP contribution is -2.04. The zero-order valence-electron chi connectivity index (χ0n) is 31.8. The van der Waals surface area contributed by atoms with E-state index < -0.39 is 0 Å². The van der Waals surface area contributed by atoms with Crippen LogP contribution >= 0.6 is 0 Å².